The van der Waals surface area contributed by atoms with Crippen molar-refractivity contribution in [2.45, 2.75) is 25.4 Å². The molecule has 7 heteroatoms. The molecule has 0 aromatic carbocycles. The number of ether oxygens (including phenoxy) is 2. The lowest BCUT2D eigenvalue weighted by molar-refractivity contribution is 0.0957. The van der Waals surface area contributed by atoms with Gasteiger partial charge in [-0.25, -0.2) is 0 Å². The van der Waals surface area contributed by atoms with Crippen LogP contribution in [0.3, 0.4) is 0 Å². The van der Waals surface area contributed by atoms with Crippen LogP contribution in [0.2, 0.25) is 0 Å². The van der Waals surface area contributed by atoms with Crippen LogP contribution < -0.4 is 10.6 Å². The lowest BCUT2D eigenvalue weighted by Crippen LogP contribution is -2.40. The third-order valence-corrected chi connectivity index (χ3v) is 3.50. The van der Waals surface area contributed by atoms with E-state index in [1.807, 2.05) is 12.1 Å². The van der Waals surface area contributed by atoms with Crippen molar-refractivity contribution in [2.75, 3.05) is 46.1 Å². The molecule has 130 valence electrons. The summed E-state index contributed by atoms with van der Waals surface area (Å²) in [5.74, 6) is 1.70. The standard InChI is InChI=1S/C16H27N3O4/c20-8-12-21-11-7-18-16(19-13-15-4-2-10-23-15)17-6-5-14-3-1-9-22-14/h1,3,9,15,20H,2,4-8,10-13H2,(H2,17,18,19). The van der Waals surface area contributed by atoms with Crippen LogP contribution in [0.25, 0.3) is 0 Å². The zero-order chi connectivity index (χ0) is 16.2. The molecule has 1 unspecified atom stereocenters. The Morgan fingerprint density at radius 1 is 1.35 bits per heavy atom. The molecule has 0 aliphatic carbocycles. The predicted molar refractivity (Wildman–Crippen MR) is 87.6 cm³/mol. The van der Waals surface area contributed by atoms with Gasteiger partial charge in [0.05, 0.1) is 38.7 Å². The molecule has 1 atom stereocenters. The number of hydrogen-bond donors (Lipinski definition) is 3. The van der Waals surface area contributed by atoms with Gasteiger partial charge in [-0.3, -0.25) is 4.99 Å². The van der Waals surface area contributed by atoms with Crippen molar-refractivity contribution in [3.63, 3.8) is 0 Å². The Morgan fingerprint density at radius 2 is 2.26 bits per heavy atom. The largest absolute Gasteiger partial charge is 0.469 e. The number of furan rings is 1. The molecule has 1 aliphatic heterocycles. The number of guanidine groups is 1. The fourth-order valence-electron chi connectivity index (χ4n) is 2.32. The van der Waals surface area contributed by atoms with E-state index in [1.165, 1.54) is 0 Å². The van der Waals surface area contributed by atoms with Crippen LogP contribution in [-0.4, -0.2) is 63.2 Å². The van der Waals surface area contributed by atoms with Crippen LogP contribution in [-0.2, 0) is 15.9 Å². The van der Waals surface area contributed by atoms with E-state index in [0.29, 0.717) is 26.3 Å². The van der Waals surface area contributed by atoms with Gasteiger partial charge in [0.1, 0.15) is 5.76 Å². The molecule has 0 amide bonds. The van der Waals surface area contributed by atoms with E-state index in [9.17, 15) is 0 Å². The molecule has 1 aromatic heterocycles. The Labute approximate surface area is 137 Å². The zero-order valence-electron chi connectivity index (χ0n) is 13.5. The first-order chi connectivity index (χ1) is 11.4. The molecule has 1 saturated heterocycles. The van der Waals surface area contributed by atoms with E-state index in [1.54, 1.807) is 6.26 Å². The third kappa shape index (κ3) is 7.49. The predicted octanol–water partition coefficient (Wildman–Crippen LogP) is 0.545. The lowest BCUT2D eigenvalue weighted by atomic mass is 10.2. The summed E-state index contributed by atoms with van der Waals surface area (Å²) < 4.78 is 16.2. The maximum atomic E-state index is 8.68. The Morgan fingerprint density at radius 3 is 3.00 bits per heavy atom. The zero-order valence-corrected chi connectivity index (χ0v) is 13.5. The molecule has 0 saturated carbocycles. The average molecular weight is 325 g/mol. The highest BCUT2D eigenvalue weighted by molar-refractivity contribution is 5.79. The maximum absolute atomic E-state index is 8.68. The van der Waals surface area contributed by atoms with Crippen molar-refractivity contribution in [1.29, 1.82) is 0 Å². The first-order valence-corrected chi connectivity index (χ1v) is 8.23. The normalized spacial score (nSPS) is 18.3. The molecule has 3 N–H and O–H groups in total. The molecule has 2 rings (SSSR count). The smallest absolute Gasteiger partial charge is 0.191 e. The SMILES string of the molecule is OCCOCCNC(=NCC1CCCO1)NCCc1ccco1. The number of aliphatic hydroxyl groups excluding tert-OH is 1. The molecular weight excluding hydrogens is 298 g/mol. The monoisotopic (exact) mass is 325 g/mol. The molecule has 7 nitrogen and oxygen atoms in total. The van der Waals surface area contributed by atoms with E-state index in [4.69, 9.17) is 19.0 Å². The van der Waals surface area contributed by atoms with Gasteiger partial charge in [0.15, 0.2) is 5.96 Å². The highest BCUT2D eigenvalue weighted by atomic mass is 16.5. The number of aliphatic imine (C=N–C) groups is 1. The van der Waals surface area contributed by atoms with Crippen molar-refractivity contribution in [2.24, 2.45) is 4.99 Å². The van der Waals surface area contributed by atoms with Gasteiger partial charge in [-0.05, 0) is 25.0 Å². The van der Waals surface area contributed by atoms with Gasteiger partial charge < -0.3 is 29.6 Å². The fourth-order valence-corrected chi connectivity index (χ4v) is 2.32. The van der Waals surface area contributed by atoms with E-state index in [0.717, 1.165) is 44.1 Å². The van der Waals surface area contributed by atoms with Crippen molar-refractivity contribution < 1.29 is 19.0 Å². The number of hydrogen-bond acceptors (Lipinski definition) is 5. The third-order valence-electron chi connectivity index (χ3n) is 3.50. The van der Waals surface area contributed by atoms with Crippen LogP contribution in [0.5, 0.6) is 0 Å². The molecule has 1 aromatic rings. The summed E-state index contributed by atoms with van der Waals surface area (Å²) in [7, 11) is 0. The number of rotatable bonds is 10. The molecule has 0 spiro atoms. The summed E-state index contributed by atoms with van der Waals surface area (Å²) in [5, 5.41) is 15.2. The molecule has 2 heterocycles. The quantitative estimate of drug-likeness (QED) is 0.331. The molecule has 1 aliphatic rings. The second-order valence-corrected chi connectivity index (χ2v) is 5.34. The number of nitrogens with zero attached hydrogens (tertiary/aromatic N) is 1. The summed E-state index contributed by atoms with van der Waals surface area (Å²) in [6.07, 6.45) is 4.89. The summed E-state index contributed by atoms with van der Waals surface area (Å²) in [6, 6.07) is 3.85. The van der Waals surface area contributed by atoms with Crippen LogP contribution in [0.15, 0.2) is 27.8 Å². The van der Waals surface area contributed by atoms with Gasteiger partial charge in [-0.15, -0.1) is 0 Å². The Kier molecular flexibility index (Phi) is 8.53. The summed E-state index contributed by atoms with van der Waals surface area (Å²) in [5.41, 5.74) is 0. The Hall–Kier alpha value is -1.57. The number of nitrogens with one attached hydrogen (secondary N) is 2. The lowest BCUT2D eigenvalue weighted by Gasteiger charge is -2.13. The van der Waals surface area contributed by atoms with E-state index >= 15 is 0 Å². The minimum absolute atomic E-state index is 0.0430. The van der Waals surface area contributed by atoms with Gasteiger partial charge in [0.2, 0.25) is 0 Å². The van der Waals surface area contributed by atoms with Crippen LogP contribution in [0, 0.1) is 0 Å². The van der Waals surface area contributed by atoms with Crippen molar-refractivity contribution in [1.82, 2.24) is 10.6 Å². The first-order valence-electron chi connectivity index (χ1n) is 8.23. The van der Waals surface area contributed by atoms with Gasteiger partial charge in [-0.1, -0.05) is 0 Å². The highest BCUT2D eigenvalue weighted by Crippen LogP contribution is 2.11. The van der Waals surface area contributed by atoms with E-state index in [-0.39, 0.29) is 12.7 Å². The molecule has 1 fully saturated rings. The van der Waals surface area contributed by atoms with Crippen LogP contribution in [0.1, 0.15) is 18.6 Å². The summed E-state index contributed by atoms with van der Waals surface area (Å²) in [4.78, 5) is 4.58. The second-order valence-electron chi connectivity index (χ2n) is 5.34. The summed E-state index contributed by atoms with van der Waals surface area (Å²) in [6.45, 7) is 3.80. The molecule has 0 bridgehead atoms. The molecule has 0 radical (unpaired) electrons. The maximum Gasteiger partial charge on any atom is 0.191 e. The minimum atomic E-state index is 0.0430. The first kappa shape index (κ1) is 17.8. The average Bonchev–Trinajstić information content (AvgIpc) is 3.25. The second kappa shape index (κ2) is 11.0. The summed E-state index contributed by atoms with van der Waals surface area (Å²) >= 11 is 0. The van der Waals surface area contributed by atoms with Gasteiger partial charge in [-0.2, -0.15) is 0 Å². The topological polar surface area (TPSA) is 88.2 Å². The van der Waals surface area contributed by atoms with Gasteiger partial charge in [0, 0.05) is 26.1 Å². The van der Waals surface area contributed by atoms with Crippen molar-refractivity contribution >= 4 is 5.96 Å². The van der Waals surface area contributed by atoms with Gasteiger partial charge in [0.25, 0.3) is 0 Å². The van der Waals surface area contributed by atoms with E-state index in [2.05, 4.69) is 15.6 Å². The van der Waals surface area contributed by atoms with Crippen LogP contribution in [0.4, 0.5) is 0 Å². The van der Waals surface area contributed by atoms with Crippen molar-refractivity contribution in [3.05, 3.63) is 24.2 Å². The Balaban J connectivity index is 1.71. The van der Waals surface area contributed by atoms with E-state index < -0.39 is 0 Å². The molecular formula is C16H27N3O4. The van der Waals surface area contributed by atoms with Gasteiger partial charge >= 0.3 is 0 Å². The number of aliphatic hydroxyl groups is 1. The molecule has 23 heavy (non-hydrogen) atoms. The van der Waals surface area contributed by atoms with Crippen LogP contribution >= 0.6 is 0 Å². The van der Waals surface area contributed by atoms with Crippen molar-refractivity contribution in [3.8, 4) is 0 Å². The fraction of sp³-hybridized carbons (Fsp3) is 0.688. The Bertz CT molecular complexity index is 431. The minimum Gasteiger partial charge on any atom is -0.469 e. The highest BCUT2D eigenvalue weighted by Gasteiger charge is 2.14.